The Labute approximate surface area is 454 Å². The van der Waals surface area contributed by atoms with E-state index in [-0.39, 0.29) is 25.1 Å². The van der Waals surface area contributed by atoms with Gasteiger partial charge in [-0.1, -0.05) is 297 Å². The van der Waals surface area contributed by atoms with Crippen molar-refractivity contribution in [2.45, 2.75) is 341 Å². The zero-order chi connectivity index (χ0) is 53.6. The Morgan fingerprint density at radius 1 is 0.466 bits per heavy atom. The number of phosphoric ester groups is 1. The summed E-state index contributed by atoms with van der Waals surface area (Å²) in [7, 11) is 1.52. The number of quaternary nitrogens is 1. The van der Waals surface area contributed by atoms with Crippen molar-refractivity contribution in [3.63, 3.8) is 0 Å². The molecule has 0 aliphatic heterocycles. The van der Waals surface area contributed by atoms with Gasteiger partial charge in [0, 0.05) is 12.8 Å². The lowest BCUT2D eigenvalue weighted by molar-refractivity contribution is -0.870. The first-order valence-electron chi connectivity index (χ1n) is 32.0. The van der Waals surface area contributed by atoms with Crippen molar-refractivity contribution in [1.29, 1.82) is 0 Å². The van der Waals surface area contributed by atoms with Gasteiger partial charge in [0.1, 0.15) is 19.3 Å². The quantitative estimate of drug-likeness (QED) is 0.0205. The summed E-state index contributed by atoms with van der Waals surface area (Å²) in [6, 6.07) is -0.839. The summed E-state index contributed by atoms with van der Waals surface area (Å²) in [5, 5.41) is 3.06. The van der Waals surface area contributed by atoms with Crippen LogP contribution in [0.1, 0.15) is 329 Å². The molecule has 0 saturated heterocycles. The van der Waals surface area contributed by atoms with Gasteiger partial charge in [-0.25, -0.2) is 4.57 Å². The number of rotatable bonds is 59. The van der Waals surface area contributed by atoms with E-state index in [4.69, 9.17) is 13.8 Å². The highest BCUT2D eigenvalue weighted by molar-refractivity contribution is 7.47. The van der Waals surface area contributed by atoms with Gasteiger partial charge in [0.15, 0.2) is 0 Å². The third-order valence-corrected chi connectivity index (χ3v) is 15.7. The van der Waals surface area contributed by atoms with Crippen LogP contribution < -0.4 is 5.32 Å². The number of carbonyl (C=O) groups is 2. The van der Waals surface area contributed by atoms with E-state index in [1.54, 1.807) is 0 Å². The van der Waals surface area contributed by atoms with Crippen LogP contribution >= 0.6 is 7.82 Å². The third-order valence-electron chi connectivity index (χ3n) is 14.7. The van der Waals surface area contributed by atoms with Gasteiger partial charge in [0.05, 0.1) is 33.8 Å². The van der Waals surface area contributed by atoms with Crippen molar-refractivity contribution in [2.75, 3.05) is 40.9 Å². The Hall–Kier alpha value is -1.25. The second-order valence-electron chi connectivity index (χ2n) is 23.3. The fourth-order valence-corrected chi connectivity index (χ4v) is 10.5. The Morgan fingerprint density at radius 3 is 1.12 bits per heavy atom. The summed E-state index contributed by atoms with van der Waals surface area (Å²) >= 11 is 0. The summed E-state index contributed by atoms with van der Waals surface area (Å²) in [6.07, 6.45) is 62.1. The number of carbonyl (C=O) groups excluding carboxylic acids is 2. The van der Waals surface area contributed by atoms with Crippen LogP contribution in [0.2, 0.25) is 0 Å². The van der Waals surface area contributed by atoms with Crippen molar-refractivity contribution in [2.24, 2.45) is 0 Å². The zero-order valence-corrected chi connectivity index (χ0v) is 50.6. The molecule has 0 aromatic rings. The fraction of sp³-hybridized carbons (Fsp3) is 0.937. The number of nitrogens with zero attached hydrogens (tertiary/aromatic N) is 1. The maximum atomic E-state index is 13.5. The predicted molar refractivity (Wildman–Crippen MR) is 314 cm³/mol. The van der Waals surface area contributed by atoms with Gasteiger partial charge in [-0.15, -0.1) is 0 Å². The molecule has 0 bridgehead atoms. The Balaban J connectivity index is 5.16. The largest absolute Gasteiger partial charge is 0.472 e. The summed E-state index contributed by atoms with van der Waals surface area (Å²) in [5.41, 5.74) is 0. The van der Waals surface area contributed by atoms with Crippen molar-refractivity contribution in [3.05, 3.63) is 12.2 Å². The van der Waals surface area contributed by atoms with Gasteiger partial charge in [0.2, 0.25) is 5.91 Å². The number of amides is 1. The molecule has 0 aliphatic rings. The normalized spacial score (nSPS) is 13.7. The molecule has 0 saturated carbocycles. The van der Waals surface area contributed by atoms with Crippen LogP contribution in [0.25, 0.3) is 0 Å². The van der Waals surface area contributed by atoms with E-state index in [2.05, 4.69) is 26.1 Å². The molecule has 0 heterocycles. The van der Waals surface area contributed by atoms with Crippen LogP contribution in [0.3, 0.4) is 0 Å². The molecule has 10 heteroatoms. The summed E-state index contributed by atoms with van der Waals surface area (Å²) in [5.74, 6) is -0.483. The van der Waals surface area contributed by atoms with E-state index in [0.717, 1.165) is 57.8 Å². The standard InChI is InChI=1S/C63H125N2O7P/c1-7-10-13-16-19-22-25-28-29-30-31-32-33-34-35-38-41-44-47-50-53-56-63(67)72-61(54-51-48-45-42-39-36-26-23-20-17-14-11-8-2)60(59-71-73(68,69)70-58-57-65(4,5)6)64-62(66)55-52-49-46-43-40-37-27-24-21-18-15-12-9-3/h51,54,60-61H,7-50,52-53,55-59H2,1-6H3,(H-,64,66,68,69)/p+1/b54-51-. The highest BCUT2D eigenvalue weighted by atomic mass is 31.2. The van der Waals surface area contributed by atoms with Gasteiger partial charge in [-0.05, 0) is 31.8 Å². The molecule has 0 fully saturated rings. The Bertz CT molecular complexity index is 1260. The highest BCUT2D eigenvalue weighted by Crippen LogP contribution is 2.43. The van der Waals surface area contributed by atoms with Crippen LogP contribution in [-0.4, -0.2) is 74.3 Å². The molecule has 73 heavy (non-hydrogen) atoms. The third kappa shape index (κ3) is 55.3. The van der Waals surface area contributed by atoms with Crippen molar-refractivity contribution in [3.8, 4) is 0 Å². The van der Waals surface area contributed by atoms with E-state index in [1.807, 2.05) is 33.3 Å². The fourth-order valence-electron chi connectivity index (χ4n) is 9.77. The molecule has 0 aromatic heterocycles. The number of nitrogens with one attached hydrogen (secondary N) is 1. The monoisotopic (exact) mass is 1050 g/mol. The number of esters is 1. The summed E-state index contributed by atoms with van der Waals surface area (Å²) in [4.78, 5) is 37.7. The molecule has 0 radical (unpaired) electrons. The topological polar surface area (TPSA) is 111 Å². The first-order chi connectivity index (χ1) is 35.4. The minimum atomic E-state index is -4.44. The van der Waals surface area contributed by atoms with Crippen molar-refractivity contribution >= 4 is 19.7 Å². The van der Waals surface area contributed by atoms with Gasteiger partial charge in [0.25, 0.3) is 0 Å². The Morgan fingerprint density at radius 2 is 0.781 bits per heavy atom. The molecule has 2 N–H and O–H groups in total. The molecule has 3 atom stereocenters. The minimum Gasteiger partial charge on any atom is -0.456 e. The lowest BCUT2D eigenvalue weighted by Gasteiger charge is -2.27. The second kappa shape index (κ2) is 54.1. The maximum Gasteiger partial charge on any atom is 0.472 e. The van der Waals surface area contributed by atoms with Crippen molar-refractivity contribution < 1.29 is 37.3 Å². The Kier molecular flexibility index (Phi) is 53.2. The molecule has 0 rings (SSSR count). The SMILES string of the molecule is CCCCCCCCCCCCC/C=C\C(OC(=O)CCCCCCCCCCCCCCCCCCCCCCC)C(COP(=O)(O)OCC[N+](C)(C)C)NC(=O)CCCCCCCCCCCCCCC. The van der Waals surface area contributed by atoms with E-state index in [9.17, 15) is 19.0 Å². The lowest BCUT2D eigenvalue weighted by atomic mass is 10.0. The maximum absolute atomic E-state index is 13.5. The molecule has 0 aromatic carbocycles. The number of ether oxygens (including phenoxy) is 1. The van der Waals surface area contributed by atoms with E-state index in [1.165, 1.54) is 238 Å². The smallest absolute Gasteiger partial charge is 0.456 e. The molecule has 0 spiro atoms. The van der Waals surface area contributed by atoms with Crippen molar-refractivity contribution in [1.82, 2.24) is 5.32 Å². The van der Waals surface area contributed by atoms with Crippen LogP contribution in [0.4, 0.5) is 0 Å². The highest BCUT2D eigenvalue weighted by Gasteiger charge is 2.30. The molecular formula is C63H126N2O7P+. The van der Waals surface area contributed by atoms with E-state index >= 15 is 0 Å². The number of likely N-dealkylation sites (N-methyl/N-ethyl adjacent to an activating group) is 1. The zero-order valence-electron chi connectivity index (χ0n) is 49.7. The molecule has 434 valence electrons. The molecule has 1 amide bonds. The number of allylic oxidation sites excluding steroid dienone is 1. The van der Waals surface area contributed by atoms with Gasteiger partial charge >= 0.3 is 13.8 Å². The summed E-state index contributed by atoms with van der Waals surface area (Å²) < 4.78 is 30.7. The van der Waals surface area contributed by atoms with E-state index in [0.29, 0.717) is 23.9 Å². The second-order valence-corrected chi connectivity index (χ2v) is 24.8. The average Bonchev–Trinajstić information content (AvgIpc) is 3.35. The van der Waals surface area contributed by atoms with Crippen LogP contribution in [0, 0.1) is 0 Å². The number of unbranched alkanes of at least 4 members (excludes halogenated alkanes) is 43. The molecule has 0 aliphatic carbocycles. The average molecular weight is 1050 g/mol. The number of hydrogen-bond acceptors (Lipinski definition) is 6. The summed E-state index contributed by atoms with van der Waals surface area (Å²) in [6.45, 7) is 7.07. The van der Waals surface area contributed by atoms with Crippen LogP contribution in [-0.2, 0) is 27.9 Å². The van der Waals surface area contributed by atoms with Gasteiger partial charge < -0.3 is 19.4 Å². The van der Waals surface area contributed by atoms with Gasteiger partial charge in [-0.2, -0.15) is 0 Å². The van der Waals surface area contributed by atoms with E-state index < -0.39 is 20.0 Å². The molecule has 3 unspecified atom stereocenters. The first-order valence-corrected chi connectivity index (χ1v) is 33.5. The molecule has 9 nitrogen and oxygen atoms in total. The number of phosphoric acid groups is 1. The lowest BCUT2D eigenvalue weighted by Crippen LogP contribution is -2.47. The van der Waals surface area contributed by atoms with Crippen LogP contribution in [0.15, 0.2) is 12.2 Å². The number of hydrogen-bond donors (Lipinski definition) is 2. The van der Waals surface area contributed by atoms with Gasteiger partial charge in [-0.3, -0.25) is 18.6 Å². The van der Waals surface area contributed by atoms with Crippen LogP contribution in [0.5, 0.6) is 0 Å². The minimum absolute atomic E-state index is 0.0458. The predicted octanol–water partition coefficient (Wildman–Crippen LogP) is 19.6. The molecular weight excluding hydrogens is 928 g/mol. The first kappa shape index (κ1) is 71.8.